The SMILES string of the molecule is c1ccc(-c2cccc(-c3c4ccccc4c(-c4cccc5c4sc4ccccc45)c4cc(-c5ccccc5)ccc34)c2)cc1. The molecule has 0 aliphatic rings. The first kappa shape index (κ1) is 25.9. The van der Waals surface area contributed by atoms with Gasteiger partial charge in [0, 0.05) is 25.7 Å². The topological polar surface area (TPSA) is 0 Å². The Morgan fingerprint density at radius 2 is 0.822 bits per heavy atom. The largest absolute Gasteiger partial charge is 0.135 e. The molecule has 0 aliphatic carbocycles. The fraction of sp³-hybridized carbons (Fsp3) is 0. The van der Waals surface area contributed by atoms with Gasteiger partial charge in [0.15, 0.2) is 0 Å². The number of hydrogen-bond donors (Lipinski definition) is 0. The van der Waals surface area contributed by atoms with E-state index in [1.54, 1.807) is 0 Å². The van der Waals surface area contributed by atoms with E-state index >= 15 is 0 Å². The number of thiophene rings is 1. The monoisotopic (exact) mass is 588 g/mol. The first-order valence-corrected chi connectivity index (χ1v) is 16.3. The molecule has 1 aromatic heterocycles. The average molecular weight is 589 g/mol. The van der Waals surface area contributed by atoms with Crippen molar-refractivity contribution in [3.05, 3.63) is 170 Å². The minimum absolute atomic E-state index is 1.23. The molecule has 0 nitrogen and oxygen atoms in total. The van der Waals surface area contributed by atoms with Crippen molar-refractivity contribution in [1.29, 1.82) is 0 Å². The van der Waals surface area contributed by atoms with Gasteiger partial charge in [-0.3, -0.25) is 0 Å². The highest BCUT2D eigenvalue weighted by molar-refractivity contribution is 7.26. The molecule has 45 heavy (non-hydrogen) atoms. The van der Waals surface area contributed by atoms with Crippen LogP contribution in [0, 0.1) is 0 Å². The molecule has 1 heterocycles. The standard InChI is InChI=1S/C44H28S/c1-3-13-29(14-4-1)31-17-11-18-33(27-31)42-35-20-7-8-21-36(35)43(40-28-32(25-26-37(40)42)30-15-5-2-6-16-30)39-23-12-22-38-34-19-9-10-24-41(34)45-44(38)39/h1-28H. The Morgan fingerprint density at radius 3 is 1.58 bits per heavy atom. The molecule has 0 saturated heterocycles. The van der Waals surface area contributed by atoms with Crippen LogP contribution < -0.4 is 0 Å². The van der Waals surface area contributed by atoms with Crippen LogP contribution >= 0.6 is 11.3 Å². The summed E-state index contributed by atoms with van der Waals surface area (Å²) in [6, 6.07) is 62.2. The highest BCUT2D eigenvalue weighted by Gasteiger charge is 2.20. The van der Waals surface area contributed by atoms with Crippen LogP contribution in [0.5, 0.6) is 0 Å². The second-order valence-electron chi connectivity index (χ2n) is 11.6. The van der Waals surface area contributed by atoms with Crippen LogP contribution in [0.15, 0.2) is 170 Å². The third-order valence-electron chi connectivity index (χ3n) is 9.06. The second kappa shape index (κ2) is 10.6. The quantitative estimate of drug-likeness (QED) is 0.179. The summed E-state index contributed by atoms with van der Waals surface area (Å²) in [5.74, 6) is 0. The summed E-state index contributed by atoms with van der Waals surface area (Å²) >= 11 is 1.90. The molecule has 0 fully saturated rings. The summed E-state index contributed by atoms with van der Waals surface area (Å²) < 4.78 is 2.67. The zero-order valence-electron chi connectivity index (χ0n) is 24.6. The van der Waals surface area contributed by atoms with Gasteiger partial charge in [-0.05, 0) is 78.7 Å². The molecule has 0 radical (unpaired) electrons. The van der Waals surface area contributed by atoms with Crippen molar-refractivity contribution in [2.45, 2.75) is 0 Å². The van der Waals surface area contributed by atoms with Gasteiger partial charge >= 0.3 is 0 Å². The molecule has 0 aliphatic heterocycles. The van der Waals surface area contributed by atoms with Gasteiger partial charge in [-0.1, -0.05) is 152 Å². The molecule has 9 aromatic rings. The van der Waals surface area contributed by atoms with Crippen molar-refractivity contribution in [2.75, 3.05) is 0 Å². The summed E-state index contributed by atoms with van der Waals surface area (Å²) in [6.07, 6.45) is 0. The maximum absolute atomic E-state index is 2.42. The predicted molar refractivity (Wildman–Crippen MR) is 196 cm³/mol. The minimum Gasteiger partial charge on any atom is -0.135 e. The summed E-state index contributed by atoms with van der Waals surface area (Å²) in [7, 11) is 0. The number of hydrogen-bond acceptors (Lipinski definition) is 1. The van der Waals surface area contributed by atoms with Crippen molar-refractivity contribution in [2.24, 2.45) is 0 Å². The van der Waals surface area contributed by atoms with Gasteiger partial charge in [0.2, 0.25) is 0 Å². The second-order valence-corrected chi connectivity index (χ2v) is 12.7. The van der Waals surface area contributed by atoms with Gasteiger partial charge in [-0.2, -0.15) is 0 Å². The lowest BCUT2D eigenvalue weighted by Gasteiger charge is -2.19. The fourth-order valence-electron chi connectivity index (χ4n) is 7.02. The van der Waals surface area contributed by atoms with Crippen molar-refractivity contribution in [1.82, 2.24) is 0 Å². The Balaban J connectivity index is 1.42. The van der Waals surface area contributed by atoms with Gasteiger partial charge in [0.05, 0.1) is 0 Å². The molecular formula is C44H28S. The van der Waals surface area contributed by atoms with Gasteiger partial charge < -0.3 is 0 Å². The Morgan fingerprint density at radius 1 is 0.289 bits per heavy atom. The first-order valence-electron chi connectivity index (χ1n) is 15.4. The molecule has 1 heteroatoms. The predicted octanol–water partition coefficient (Wildman–Crippen LogP) is 13.0. The lowest BCUT2D eigenvalue weighted by molar-refractivity contribution is 1.61. The number of fused-ring (bicyclic) bond motifs is 5. The maximum atomic E-state index is 2.42. The average Bonchev–Trinajstić information content (AvgIpc) is 3.50. The van der Waals surface area contributed by atoms with E-state index in [0.717, 1.165) is 0 Å². The van der Waals surface area contributed by atoms with Crippen LogP contribution in [0.1, 0.15) is 0 Å². The maximum Gasteiger partial charge on any atom is 0.0434 e. The lowest BCUT2D eigenvalue weighted by Crippen LogP contribution is -1.92. The molecule has 0 unspecified atom stereocenters. The highest BCUT2D eigenvalue weighted by Crippen LogP contribution is 2.48. The van der Waals surface area contributed by atoms with Gasteiger partial charge in [-0.25, -0.2) is 0 Å². The lowest BCUT2D eigenvalue weighted by atomic mass is 9.84. The molecule has 0 atom stereocenters. The Kier molecular flexibility index (Phi) is 6.11. The van der Waals surface area contributed by atoms with Crippen LogP contribution in [0.3, 0.4) is 0 Å². The smallest absolute Gasteiger partial charge is 0.0434 e. The van der Waals surface area contributed by atoms with Crippen LogP contribution in [0.2, 0.25) is 0 Å². The van der Waals surface area contributed by atoms with Gasteiger partial charge in [0.25, 0.3) is 0 Å². The molecule has 9 rings (SSSR count). The molecule has 0 spiro atoms. The van der Waals surface area contributed by atoms with Crippen LogP contribution in [0.4, 0.5) is 0 Å². The zero-order valence-corrected chi connectivity index (χ0v) is 25.4. The Hall–Kier alpha value is -5.50. The van der Waals surface area contributed by atoms with Crippen molar-refractivity contribution in [3.63, 3.8) is 0 Å². The van der Waals surface area contributed by atoms with E-state index in [4.69, 9.17) is 0 Å². The Bertz CT molecular complexity index is 2520. The fourth-order valence-corrected chi connectivity index (χ4v) is 8.24. The van der Waals surface area contributed by atoms with E-state index in [-0.39, 0.29) is 0 Å². The van der Waals surface area contributed by atoms with E-state index in [1.807, 2.05) is 11.3 Å². The van der Waals surface area contributed by atoms with Gasteiger partial charge in [0.1, 0.15) is 0 Å². The molecular weight excluding hydrogens is 561 g/mol. The normalized spacial score (nSPS) is 11.6. The van der Waals surface area contributed by atoms with Crippen LogP contribution in [-0.4, -0.2) is 0 Å². The third kappa shape index (κ3) is 4.28. The first-order chi connectivity index (χ1) is 22.3. The van der Waals surface area contributed by atoms with E-state index in [2.05, 4.69) is 170 Å². The molecule has 0 bridgehead atoms. The van der Waals surface area contributed by atoms with Gasteiger partial charge in [-0.15, -0.1) is 11.3 Å². The summed E-state index contributed by atoms with van der Waals surface area (Å²) in [4.78, 5) is 0. The molecule has 0 N–H and O–H groups in total. The highest BCUT2D eigenvalue weighted by atomic mass is 32.1. The third-order valence-corrected chi connectivity index (χ3v) is 10.3. The Labute approximate surface area is 266 Å². The summed E-state index contributed by atoms with van der Waals surface area (Å²) in [5.41, 5.74) is 10.0. The van der Waals surface area contributed by atoms with Crippen molar-refractivity contribution in [3.8, 4) is 44.5 Å². The minimum atomic E-state index is 1.23. The van der Waals surface area contributed by atoms with Crippen molar-refractivity contribution >= 4 is 53.1 Å². The summed E-state index contributed by atoms with van der Waals surface area (Å²) in [5, 5.41) is 7.75. The van der Waals surface area contributed by atoms with E-state index in [9.17, 15) is 0 Å². The van der Waals surface area contributed by atoms with Crippen molar-refractivity contribution < 1.29 is 0 Å². The van der Waals surface area contributed by atoms with Crippen LogP contribution in [0.25, 0.3) is 86.2 Å². The molecule has 0 amide bonds. The number of benzene rings is 8. The van der Waals surface area contributed by atoms with E-state index in [1.165, 1.54) is 86.2 Å². The summed E-state index contributed by atoms with van der Waals surface area (Å²) in [6.45, 7) is 0. The number of rotatable bonds is 4. The molecule has 8 aromatic carbocycles. The zero-order chi connectivity index (χ0) is 29.7. The molecule has 0 saturated carbocycles. The molecule has 210 valence electrons. The van der Waals surface area contributed by atoms with Crippen LogP contribution in [-0.2, 0) is 0 Å². The van der Waals surface area contributed by atoms with E-state index in [0.29, 0.717) is 0 Å². The van der Waals surface area contributed by atoms with E-state index < -0.39 is 0 Å².